The Morgan fingerprint density at radius 2 is 1.56 bits per heavy atom. The van der Waals surface area contributed by atoms with Crippen LogP contribution in [0, 0.1) is 0 Å². The Kier molecular flexibility index (Phi) is 9.03. The number of amides is 1. The molecule has 3 unspecified atom stereocenters. The molecule has 0 spiro atoms. The molecule has 0 radical (unpaired) electrons. The lowest BCUT2D eigenvalue weighted by Gasteiger charge is -2.22. The van der Waals surface area contributed by atoms with Crippen molar-refractivity contribution in [1.82, 2.24) is 4.90 Å². The Morgan fingerprint density at radius 1 is 0.969 bits per heavy atom. The molecule has 32 heavy (non-hydrogen) atoms. The molecule has 8 heteroatoms. The second kappa shape index (κ2) is 12.2. The molecule has 1 aliphatic heterocycles. The predicted molar refractivity (Wildman–Crippen MR) is 115 cm³/mol. The van der Waals surface area contributed by atoms with Gasteiger partial charge in [-0.2, -0.15) is 0 Å². The fraction of sp³-hybridized carbons (Fsp3) is 0.417. The van der Waals surface area contributed by atoms with Crippen LogP contribution in [0.5, 0.6) is 0 Å². The van der Waals surface area contributed by atoms with Gasteiger partial charge in [-0.25, -0.2) is 9.59 Å². The number of benzene rings is 2. The van der Waals surface area contributed by atoms with Crippen molar-refractivity contribution in [2.45, 2.75) is 45.0 Å². The molecule has 1 aliphatic rings. The van der Waals surface area contributed by atoms with E-state index in [0.29, 0.717) is 6.42 Å². The lowest BCUT2D eigenvalue weighted by Crippen LogP contribution is -2.41. The zero-order valence-electron chi connectivity index (χ0n) is 18.3. The second-order valence-corrected chi connectivity index (χ2v) is 7.41. The van der Waals surface area contributed by atoms with E-state index in [1.807, 2.05) is 60.7 Å². The van der Waals surface area contributed by atoms with Gasteiger partial charge < -0.3 is 23.7 Å². The molecular weight excluding hydrogens is 414 g/mol. The van der Waals surface area contributed by atoms with E-state index in [2.05, 4.69) is 0 Å². The molecule has 172 valence electrons. The summed E-state index contributed by atoms with van der Waals surface area (Å²) in [5.41, 5.74) is 1.73. The molecule has 0 aromatic heterocycles. The number of carbonyl (C=O) groups is 2. The van der Waals surface area contributed by atoms with E-state index in [9.17, 15) is 9.59 Å². The zero-order valence-corrected chi connectivity index (χ0v) is 18.3. The molecular formula is C24H29NO7. The topological polar surface area (TPSA) is 83.5 Å². The lowest BCUT2D eigenvalue weighted by molar-refractivity contribution is -0.186. The van der Waals surface area contributed by atoms with Crippen molar-refractivity contribution < 1.29 is 33.3 Å². The van der Waals surface area contributed by atoms with E-state index in [1.165, 1.54) is 12.0 Å². The molecule has 3 atom stereocenters. The average molecular weight is 443 g/mol. The molecule has 2 aromatic carbocycles. The summed E-state index contributed by atoms with van der Waals surface area (Å²) in [6, 6.07) is 17.9. The van der Waals surface area contributed by atoms with Crippen LogP contribution in [0.15, 0.2) is 60.7 Å². The van der Waals surface area contributed by atoms with Crippen LogP contribution in [-0.2, 0) is 41.7 Å². The highest BCUT2D eigenvalue weighted by atomic mass is 16.7. The number of hydrogen-bond acceptors (Lipinski definition) is 7. The highest BCUT2D eigenvalue weighted by molar-refractivity contribution is 5.82. The van der Waals surface area contributed by atoms with Crippen LogP contribution < -0.4 is 0 Å². The van der Waals surface area contributed by atoms with E-state index < -0.39 is 30.5 Å². The second-order valence-electron chi connectivity index (χ2n) is 7.41. The molecule has 0 bridgehead atoms. The molecule has 0 N–H and O–H groups in total. The number of carbonyl (C=O) groups excluding carboxylic acids is 2. The Hall–Kier alpha value is -2.94. The maximum Gasteiger partial charge on any atom is 0.410 e. The van der Waals surface area contributed by atoms with Crippen molar-refractivity contribution in [3.05, 3.63) is 71.8 Å². The normalized spacial score (nSPS) is 18.9. The lowest BCUT2D eigenvalue weighted by atomic mass is 10.2. The summed E-state index contributed by atoms with van der Waals surface area (Å²) >= 11 is 0. The van der Waals surface area contributed by atoms with Crippen molar-refractivity contribution >= 4 is 12.1 Å². The first kappa shape index (κ1) is 23.7. The number of esters is 1. The number of rotatable bonds is 10. The van der Waals surface area contributed by atoms with Gasteiger partial charge in [0.2, 0.25) is 0 Å². The van der Waals surface area contributed by atoms with Gasteiger partial charge in [-0.1, -0.05) is 60.7 Å². The van der Waals surface area contributed by atoms with Gasteiger partial charge in [0.15, 0.2) is 6.29 Å². The first-order chi connectivity index (χ1) is 15.6. The first-order valence-electron chi connectivity index (χ1n) is 10.5. The minimum Gasteiger partial charge on any atom is -0.459 e. The summed E-state index contributed by atoms with van der Waals surface area (Å²) in [7, 11) is 1.53. The zero-order chi connectivity index (χ0) is 22.8. The van der Waals surface area contributed by atoms with Crippen molar-refractivity contribution in [3.8, 4) is 0 Å². The molecule has 1 saturated heterocycles. The third kappa shape index (κ3) is 7.05. The molecule has 1 amide bonds. The van der Waals surface area contributed by atoms with Crippen LogP contribution in [0.2, 0.25) is 0 Å². The van der Waals surface area contributed by atoms with Gasteiger partial charge in [-0.05, 0) is 18.1 Å². The molecule has 1 fully saturated rings. The third-order valence-electron chi connectivity index (χ3n) is 5.14. The molecule has 2 aromatic rings. The van der Waals surface area contributed by atoms with Crippen LogP contribution in [-0.4, -0.2) is 55.8 Å². The summed E-state index contributed by atoms with van der Waals surface area (Å²) in [6.07, 6.45) is -1.11. The minimum absolute atomic E-state index is 0.0155. The molecule has 3 rings (SSSR count). The molecule has 8 nitrogen and oxygen atoms in total. The quantitative estimate of drug-likeness (QED) is 0.411. The van der Waals surface area contributed by atoms with Crippen LogP contribution in [0.1, 0.15) is 24.5 Å². The number of hydrogen-bond donors (Lipinski definition) is 0. The van der Waals surface area contributed by atoms with E-state index in [-0.39, 0.29) is 26.6 Å². The van der Waals surface area contributed by atoms with Gasteiger partial charge in [-0.3, -0.25) is 4.90 Å². The Morgan fingerprint density at radius 3 is 2.16 bits per heavy atom. The summed E-state index contributed by atoms with van der Waals surface area (Å²) < 4.78 is 27.0. The van der Waals surface area contributed by atoms with Crippen LogP contribution in [0.3, 0.4) is 0 Å². The van der Waals surface area contributed by atoms with Crippen LogP contribution in [0.25, 0.3) is 0 Å². The fourth-order valence-corrected chi connectivity index (χ4v) is 3.27. The van der Waals surface area contributed by atoms with E-state index >= 15 is 0 Å². The summed E-state index contributed by atoms with van der Waals surface area (Å²) in [5.74, 6) is -0.497. The minimum atomic E-state index is -0.799. The standard InChI is InChI=1S/C24H29NO7/c1-18(28-2)31-17-32-21-13-22(23(26)29-15-19-9-5-3-6-10-19)25(14-21)24(27)30-16-20-11-7-4-8-12-20/h3-12,18,21-22H,13-17H2,1-2H3. The number of nitrogens with zero attached hydrogens (tertiary/aromatic N) is 1. The highest BCUT2D eigenvalue weighted by Crippen LogP contribution is 2.24. The Labute approximate surface area is 188 Å². The molecule has 0 saturated carbocycles. The largest absolute Gasteiger partial charge is 0.459 e. The van der Waals surface area contributed by atoms with Gasteiger partial charge in [0.1, 0.15) is 26.0 Å². The summed E-state index contributed by atoms with van der Waals surface area (Å²) in [5, 5.41) is 0. The van der Waals surface area contributed by atoms with E-state index in [1.54, 1.807) is 6.92 Å². The SMILES string of the molecule is COC(C)OCOC1CC(C(=O)OCc2ccccc2)N(C(=O)OCc2ccccc2)C1. The number of methoxy groups -OCH3 is 1. The third-order valence-corrected chi connectivity index (χ3v) is 5.14. The fourth-order valence-electron chi connectivity index (χ4n) is 3.27. The van der Waals surface area contributed by atoms with Crippen molar-refractivity contribution in [3.63, 3.8) is 0 Å². The van der Waals surface area contributed by atoms with Crippen molar-refractivity contribution in [1.29, 1.82) is 0 Å². The smallest absolute Gasteiger partial charge is 0.410 e. The highest BCUT2D eigenvalue weighted by Gasteiger charge is 2.42. The maximum absolute atomic E-state index is 12.8. The summed E-state index contributed by atoms with van der Waals surface area (Å²) in [6.45, 7) is 2.17. The van der Waals surface area contributed by atoms with Crippen molar-refractivity contribution in [2.24, 2.45) is 0 Å². The average Bonchev–Trinajstić information content (AvgIpc) is 3.26. The molecule has 1 heterocycles. The van der Waals surface area contributed by atoms with Gasteiger partial charge in [0.05, 0.1) is 12.6 Å². The maximum atomic E-state index is 12.8. The van der Waals surface area contributed by atoms with E-state index in [0.717, 1.165) is 11.1 Å². The Bertz CT molecular complexity index is 782. The number of likely N-dealkylation sites (tertiary alicyclic amines) is 1. The van der Waals surface area contributed by atoms with Gasteiger partial charge >= 0.3 is 12.1 Å². The first-order valence-corrected chi connectivity index (χ1v) is 10.5. The van der Waals surface area contributed by atoms with Crippen molar-refractivity contribution in [2.75, 3.05) is 20.4 Å². The van der Waals surface area contributed by atoms with E-state index in [4.69, 9.17) is 23.7 Å². The van der Waals surface area contributed by atoms with Gasteiger partial charge in [-0.15, -0.1) is 0 Å². The van der Waals surface area contributed by atoms with Gasteiger partial charge in [0.25, 0.3) is 0 Å². The monoisotopic (exact) mass is 443 g/mol. The number of ether oxygens (including phenoxy) is 5. The predicted octanol–water partition coefficient (Wildman–Crippen LogP) is 3.49. The van der Waals surface area contributed by atoms with Crippen LogP contribution >= 0.6 is 0 Å². The van der Waals surface area contributed by atoms with Gasteiger partial charge in [0, 0.05) is 13.5 Å². The molecule has 0 aliphatic carbocycles. The summed E-state index contributed by atoms with van der Waals surface area (Å²) in [4.78, 5) is 26.9. The van der Waals surface area contributed by atoms with Crippen LogP contribution in [0.4, 0.5) is 4.79 Å². The Balaban J connectivity index is 1.59.